The molecule has 0 unspecified atom stereocenters. The number of alkyl halides is 1. The van der Waals surface area contributed by atoms with Gasteiger partial charge in [-0.2, -0.15) is 0 Å². The van der Waals surface area contributed by atoms with Crippen molar-refractivity contribution in [2.45, 2.75) is 57.0 Å². The van der Waals surface area contributed by atoms with Crippen molar-refractivity contribution >= 4 is 40.2 Å². The molecule has 1 saturated carbocycles. The molecule has 3 amide bonds. The summed E-state index contributed by atoms with van der Waals surface area (Å²) >= 11 is 6.18. The van der Waals surface area contributed by atoms with Gasteiger partial charge in [-0.1, -0.05) is 32.0 Å². The van der Waals surface area contributed by atoms with Crippen LogP contribution in [0.25, 0.3) is 10.9 Å². The highest BCUT2D eigenvalue weighted by Crippen LogP contribution is 2.24. The highest BCUT2D eigenvalue weighted by atomic mass is 35.5. The van der Waals surface area contributed by atoms with Gasteiger partial charge in [-0.05, 0) is 36.8 Å². The molecule has 1 fully saturated rings. The van der Waals surface area contributed by atoms with Crippen molar-refractivity contribution in [3.05, 3.63) is 36.0 Å². The number of para-hydroxylation sites is 1. The number of amides is 3. The summed E-state index contributed by atoms with van der Waals surface area (Å²) in [5.41, 5.74) is 3.36. The molecule has 0 radical (unpaired) electrons. The highest BCUT2D eigenvalue weighted by molar-refractivity contribution is 6.32. The van der Waals surface area contributed by atoms with Crippen LogP contribution in [0.2, 0.25) is 0 Å². The Labute approximate surface area is 186 Å². The van der Waals surface area contributed by atoms with E-state index in [1.54, 1.807) is 0 Å². The number of H-pyrrole nitrogens is 1. The van der Waals surface area contributed by atoms with Crippen LogP contribution in [-0.4, -0.2) is 45.4 Å². The average molecular weight is 449 g/mol. The Bertz CT molecular complexity index is 940. The third kappa shape index (κ3) is 5.98. The maximum absolute atomic E-state index is 13.1. The molecule has 5 N–H and O–H groups in total. The highest BCUT2D eigenvalue weighted by Gasteiger charge is 2.36. The molecular formula is C22H29ClN4O4. The lowest BCUT2D eigenvalue weighted by Gasteiger charge is -2.25. The smallest absolute Gasteiger partial charge is 0.262 e. The summed E-state index contributed by atoms with van der Waals surface area (Å²) in [4.78, 5) is 41.1. The molecule has 0 saturated heterocycles. The molecule has 0 aliphatic heterocycles. The van der Waals surface area contributed by atoms with Gasteiger partial charge in [-0.15, -0.1) is 11.6 Å². The quantitative estimate of drug-likeness (QED) is 0.217. The molecule has 3 rings (SSSR count). The molecule has 31 heavy (non-hydrogen) atoms. The first kappa shape index (κ1) is 23.1. The Balaban J connectivity index is 1.81. The SMILES string of the molecule is CC(C)C[C@@H](C(=O)N[C@@H](Cc1c[nH]c2ccccc12)C(=O)NC1CC1)[C@@H](Cl)C(=O)NO. The van der Waals surface area contributed by atoms with Gasteiger partial charge in [0, 0.05) is 29.6 Å². The van der Waals surface area contributed by atoms with Gasteiger partial charge in [0.2, 0.25) is 11.8 Å². The fraction of sp³-hybridized carbons (Fsp3) is 0.500. The van der Waals surface area contributed by atoms with E-state index in [9.17, 15) is 14.4 Å². The van der Waals surface area contributed by atoms with Gasteiger partial charge in [0.25, 0.3) is 5.91 Å². The summed E-state index contributed by atoms with van der Waals surface area (Å²) in [5.74, 6) is -2.42. The molecule has 9 heteroatoms. The van der Waals surface area contributed by atoms with Gasteiger partial charge in [-0.25, -0.2) is 5.48 Å². The van der Waals surface area contributed by atoms with Crippen molar-refractivity contribution in [2.24, 2.45) is 11.8 Å². The molecular weight excluding hydrogens is 420 g/mol. The first-order valence-corrected chi connectivity index (χ1v) is 11.0. The van der Waals surface area contributed by atoms with Crippen molar-refractivity contribution in [2.75, 3.05) is 0 Å². The van der Waals surface area contributed by atoms with E-state index in [1.807, 2.05) is 44.3 Å². The number of hydrogen-bond donors (Lipinski definition) is 5. The summed E-state index contributed by atoms with van der Waals surface area (Å²) in [6.07, 6.45) is 4.31. The third-order valence-corrected chi connectivity index (χ3v) is 5.93. The zero-order valence-corrected chi connectivity index (χ0v) is 18.4. The average Bonchev–Trinajstić information content (AvgIpc) is 3.48. The van der Waals surface area contributed by atoms with Crippen LogP contribution >= 0.6 is 11.6 Å². The largest absolute Gasteiger partial charge is 0.361 e. The fourth-order valence-electron chi connectivity index (χ4n) is 3.65. The minimum atomic E-state index is -1.26. The van der Waals surface area contributed by atoms with Crippen molar-refractivity contribution in [3.63, 3.8) is 0 Å². The number of hydrogen-bond acceptors (Lipinski definition) is 4. The topological polar surface area (TPSA) is 123 Å². The molecule has 1 aromatic carbocycles. The number of halogens is 1. The van der Waals surface area contributed by atoms with Crippen LogP contribution < -0.4 is 16.1 Å². The Hall–Kier alpha value is -2.58. The number of benzene rings is 1. The molecule has 1 aliphatic carbocycles. The fourth-order valence-corrected chi connectivity index (χ4v) is 3.92. The monoisotopic (exact) mass is 448 g/mol. The molecule has 8 nitrogen and oxygen atoms in total. The zero-order valence-electron chi connectivity index (χ0n) is 17.7. The zero-order chi connectivity index (χ0) is 22.5. The van der Waals surface area contributed by atoms with Crippen molar-refractivity contribution in [1.29, 1.82) is 0 Å². The van der Waals surface area contributed by atoms with Gasteiger partial charge in [0.05, 0.1) is 5.92 Å². The van der Waals surface area contributed by atoms with E-state index in [1.165, 1.54) is 5.48 Å². The first-order chi connectivity index (χ1) is 14.8. The van der Waals surface area contributed by atoms with E-state index in [0.717, 1.165) is 29.3 Å². The second-order valence-corrected chi connectivity index (χ2v) is 8.99. The van der Waals surface area contributed by atoms with Crippen molar-refractivity contribution in [1.82, 2.24) is 21.1 Å². The van der Waals surface area contributed by atoms with E-state index in [-0.39, 0.29) is 17.9 Å². The molecule has 1 aromatic heterocycles. The number of carbonyl (C=O) groups excluding carboxylic acids is 3. The summed E-state index contributed by atoms with van der Waals surface area (Å²) in [6.45, 7) is 3.81. The summed E-state index contributed by atoms with van der Waals surface area (Å²) in [7, 11) is 0. The van der Waals surface area contributed by atoms with Crippen LogP contribution in [0, 0.1) is 11.8 Å². The van der Waals surface area contributed by atoms with Crippen LogP contribution in [-0.2, 0) is 20.8 Å². The summed E-state index contributed by atoms with van der Waals surface area (Å²) in [5, 5.41) is 14.4. The van der Waals surface area contributed by atoms with Gasteiger partial charge in [-0.3, -0.25) is 19.6 Å². The predicted octanol–water partition coefficient (Wildman–Crippen LogP) is 2.25. The molecule has 2 aromatic rings. The number of rotatable bonds is 10. The standard InChI is InChI=1S/C22H29ClN4O4/c1-12(2)9-16(19(23)22(30)27-31)20(28)26-18(21(29)25-14-7-8-14)10-13-11-24-17-6-4-3-5-15(13)17/h3-6,11-12,14,16,18-19,24,31H,7-10H2,1-2H3,(H,25,29)(H,26,28)(H,27,30)/t16-,18+,19-/m1/s1. The number of nitrogens with one attached hydrogen (secondary N) is 4. The van der Waals surface area contributed by atoms with E-state index < -0.39 is 29.2 Å². The minimum absolute atomic E-state index is 0.0795. The Kier molecular flexibility index (Phi) is 7.56. The van der Waals surface area contributed by atoms with Gasteiger partial charge >= 0.3 is 0 Å². The number of fused-ring (bicyclic) bond motifs is 1. The van der Waals surface area contributed by atoms with Crippen LogP contribution in [0.4, 0.5) is 0 Å². The second-order valence-electron chi connectivity index (χ2n) is 8.52. The molecule has 0 bridgehead atoms. The number of aromatic amines is 1. The minimum Gasteiger partial charge on any atom is -0.361 e. The predicted molar refractivity (Wildman–Crippen MR) is 118 cm³/mol. The third-order valence-electron chi connectivity index (χ3n) is 5.43. The van der Waals surface area contributed by atoms with Crippen molar-refractivity contribution in [3.8, 4) is 0 Å². The summed E-state index contributed by atoms with van der Waals surface area (Å²) in [6, 6.07) is 7.07. The Morgan fingerprint density at radius 2 is 1.87 bits per heavy atom. The van der Waals surface area contributed by atoms with Crippen LogP contribution in [0.5, 0.6) is 0 Å². The van der Waals surface area contributed by atoms with E-state index in [0.29, 0.717) is 12.8 Å². The van der Waals surface area contributed by atoms with Gasteiger partial charge < -0.3 is 15.6 Å². The Morgan fingerprint density at radius 1 is 1.16 bits per heavy atom. The molecule has 168 valence electrons. The first-order valence-electron chi connectivity index (χ1n) is 10.5. The molecule has 0 spiro atoms. The molecule has 1 heterocycles. The number of aromatic nitrogens is 1. The van der Waals surface area contributed by atoms with Crippen LogP contribution in [0.3, 0.4) is 0 Å². The van der Waals surface area contributed by atoms with Crippen LogP contribution in [0.1, 0.15) is 38.7 Å². The van der Waals surface area contributed by atoms with E-state index in [4.69, 9.17) is 16.8 Å². The molecule has 1 aliphatic rings. The Morgan fingerprint density at radius 3 is 2.52 bits per heavy atom. The number of carbonyl (C=O) groups is 3. The van der Waals surface area contributed by atoms with E-state index in [2.05, 4.69) is 15.6 Å². The lowest BCUT2D eigenvalue weighted by molar-refractivity contribution is -0.136. The normalized spacial score (nSPS) is 16.5. The summed E-state index contributed by atoms with van der Waals surface area (Å²) < 4.78 is 0. The molecule has 3 atom stereocenters. The van der Waals surface area contributed by atoms with Crippen molar-refractivity contribution < 1.29 is 19.6 Å². The van der Waals surface area contributed by atoms with Crippen LogP contribution in [0.15, 0.2) is 30.5 Å². The lowest BCUT2D eigenvalue weighted by atomic mass is 9.92. The van der Waals surface area contributed by atoms with E-state index >= 15 is 0 Å². The maximum atomic E-state index is 13.1. The second kappa shape index (κ2) is 10.2. The van der Waals surface area contributed by atoms with Gasteiger partial charge in [0.15, 0.2) is 0 Å². The maximum Gasteiger partial charge on any atom is 0.262 e. The van der Waals surface area contributed by atoms with Gasteiger partial charge in [0.1, 0.15) is 11.4 Å². The lowest BCUT2D eigenvalue weighted by Crippen LogP contribution is -2.52. The number of hydroxylamine groups is 1.